The van der Waals surface area contributed by atoms with E-state index in [-0.39, 0.29) is 5.97 Å². The van der Waals surface area contributed by atoms with E-state index in [1.54, 1.807) is 7.11 Å². The van der Waals surface area contributed by atoms with Gasteiger partial charge in [0.05, 0.1) is 14.2 Å². The molecular formula is C18H26O3. The summed E-state index contributed by atoms with van der Waals surface area (Å²) in [4.78, 5) is 11.0. The molecule has 0 atom stereocenters. The molecule has 0 saturated carbocycles. The SMILES string of the molecule is CCC/C(=C/CCCCC(=O)OC)c1ccc(OC)cc1. The van der Waals surface area contributed by atoms with Crippen molar-refractivity contribution in [2.45, 2.75) is 45.4 Å². The Hall–Kier alpha value is -1.77. The molecule has 1 aromatic rings. The van der Waals surface area contributed by atoms with E-state index in [9.17, 15) is 4.79 Å². The maximum absolute atomic E-state index is 11.0. The third-order valence-electron chi connectivity index (χ3n) is 3.43. The van der Waals surface area contributed by atoms with E-state index in [0.29, 0.717) is 6.42 Å². The number of carbonyl (C=O) groups is 1. The maximum atomic E-state index is 11.0. The molecule has 0 saturated heterocycles. The molecule has 0 aliphatic carbocycles. The summed E-state index contributed by atoms with van der Waals surface area (Å²) >= 11 is 0. The van der Waals surface area contributed by atoms with Crippen LogP contribution in [0.4, 0.5) is 0 Å². The molecule has 0 N–H and O–H groups in total. The largest absolute Gasteiger partial charge is 0.497 e. The summed E-state index contributed by atoms with van der Waals surface area (Å²) in [7, 11) is 3.12. The highest BCUT2D eigenvalue weighted by molar-refractivity contribution is 5.69. The number of rotatable bonds is 9. The number of carbonyl (C=O) groups excluding carboxylic acids is 1. The number of benzene rings is 1. The van der Waals surface area contributed by atoms with Crippen LogP contribution in [0.25, 0.3) is 5.57 Å². The molecule has 0 amide bonds. The van der Waals surface area contributed by atoms with Crippen LogP contribution in [0.3, 0.4) is 0 Å². The van der Waals surface area contributed by atoms with Gasteiger partial charge in [-0.3, -0.25) is 4.79 Å². The smallest absolute Gasteiger partial charge is 0.305 e. The van der Waals surface area contributed by atoms with E-state index in [2.05, 4.69) is 29.9 Å². The molecule has 0 bridgehead atoms. The molecule has 0 aromatic heterocycles. The van der Waals surface area contributed by atoms with Gasteiger partial charge in [0.1, 0.15) is 5.75 Å². The molecule has 0 radical (unpaired) electrons. The minimum absolute atomic E-state index is 0.122. The van der Waals surface area contributed by atoms with Crippen LogP contribution in [-0.2, 0) is 9.53 Å². The first-order chi connectivity index (χ1) is 10.2. The summed E-state index contributed by atoms with van der Waals surface area (Å²) in [6, 6.07) is 8.20. The first kappa shape index (κ1) is 17.3. The highest BCUT2D eigenvalue weighted by Crippen LogP contribution is 2.23. The van der Waals surface area contributed by atoms with Crippen LogP contribution in [0.15, 0.2) is 30.3 Å². The van der Waals surface area contributed by atoms with Gasteiger partial charge >= 0.3 is 5.97 Å². The highest BCUT2D eigenvalue weighted by atomic mass is 16.5. The molecule has 0 unspecified atom stereocenters. The zero-order valence-corrected chi connectivity index (χ0v) is 13.4. The van der Waals surface area contributed by atoms with Crippen LogP contribution in [0.1, 0.15) is 51.0 Å². The van der Waals surface area contributed by atoms with E-state index in [0.717, 1.165) is 37.9 Å². The lowest BCUT2D eigenvalue weighted by atomic mass is 9.99. The van der Waals surface area contributed by atoms with Crippen molar-refractivity contribution in [2.24, 2.45) is 0 Å². The van der Waals surface area contributed by atoms with Crippen molar-refractivity contribution in [1.82, 2.24) is 0 Å². The molecule has 0 aliphatic heterocycles. The van der Waals surface area contributed by atoms with Gasteiger partial charge in [-0.25, -0.2) is 0 Å². The molecule has 0 fully saturated rings. The molecule has 0 spiro atoms. The van der Waals surface area contributed by atoms with Gasteiger partial charge in [-0.15, -0.1) is 0 Å². The first-order valence-corrected chi connectivity index (χ1v) is 7.61. The average Bonchev–Trinajstić information content (AvgIpc) is 2.53. The number of allylic oxidation sites excluding steroid dienone is 2. The van der Waals surface area contributed by atoms with E-state index >= 15 is 0 Å². The van der Waals surface area contributed by atoms with Crippen molar-refractivity contribution < 1.29 is 14.3 Å². The predicted octanol–water partition coefficient (Wildman–Crippen LogP) is 4.61. The minimum atomic E-state index is -0.122. The fourth-order valence-electron chi connectivity index (χ4n) is 2.23. The molecule has 1 rings (SSSR count). The molecule has 0 aliphatic rings. The van der Waals surface area contributed by atoms with Gasteiger partial charge in [0.2, 0.25) is 0 Å². The Kier molecular flexibility index (Phi) is 8.25. The van der Waals surface area contributed by atoms with Gasteiger partial charge in [-0.2, -0.15) is 0 Å². The van der Waals surface area contributed by atoms with E-state index in [1.807, 2.05) is 12.1 Å². The topological polar surface area (TPSA) is 35.5 Å². The predicted molar refractivity (Wildman–Crippen MR) is 86.4 cm³/mol. The Morgan fingerprint density at radius 3 is 2.38 bits per heavy atom. The van der Waals surface area contributed by atoms with Crippen LogP contribution >= 0.6 is 0 Å². The second kappa shape index (κ2) is 10.0. The number of hydrogen-bond donors (Lipinski definition) is 0. The van der Waals surface area contributed by atoms with E-state index in [1.165, 1.54) is 18.2 Å². The second-order valence-electron chi connectivity index (χ2n) is 5.03. The van der Waals surface area contributed by atoms with Crippen molar-refractivity contribution in [3.8, 4) is 5.75 Å². The molecule has 3 nitrogen and oxygen atoms in total. The number of methoxy groups -OCH3 is 2. The van der Waals surface area contributed by atoms with Crippen LogP contribution in [0.2, 0.25) is 0 Å². The summed E-state index contributed by atoms with van der Waals surface area (Å²) in [6.07, 6.45) is 7.89. The Balaban J connectivity index is 2.54. The summed E-state index contributed by atoms with van der Waals surface area (Å²) in [5.74, 6) is 0.760. The van der Waals surface area contributed by atoms with Crippen molar-refractivity contribution in [3.63, 3.8) is 0 Å². The Morgan fingerprint density at radius 2 is 1.81 bits per heavy atom. The van der Waals surface area contributed by atoms with Crippen LogP contribution < -0.4 is 4.74 Å². The average molecular weight is 290 g/mol. The van der Waals surface area contributed by atoms with Gasteiger partial charge in [0.25, 0.3) is 0 Å². The second-order valence-corrected chi connectivity index (χ2v) is 5.03. The van der Waals surface area contributed by atoms with Crippen molar-refractivity contribution in [3.05, 3.63) is 35.9 Å². The lowest BCUT2D eigenvalue weighted by Gasteiger charge is -2.08. The van der Waals surface area contributed by atoms with Crippen LogP contribution in [0, 0.1) is 0 Å². The highest BCUT2D eigenvalue weighted by Gasteiger charge is 2.02. The first-order valence-electron chi connectivity index (χ1n) is 7.61. The number of esters is 1. The Morgan fingerprint density at radius 1 is 1.10 bits per heavy atom. The molecule has 1 aromatic carbocycles. The number of hydrogen-bond acceptors (Lipinski definition) is 3. The monoisotopic (exact) mass is 290 g/mol. The molecule has 116 valence electrons. The summed E-state index contributed by atoms with van der Waals surface area (Å²) < 4.78 is 9.83. The van der Waals surface area contributed by atoms with Gasteiger partial charge in [-0.05, 0) is 49.0 Å². The Bertz CT molecular complexity index is 446. The minimum Gasteiger partial charge on any atom is -0.497 e. The third kappa shape index (κ3) is 6.48. The molecular weight excluding hydrogens is 264 g/mol. The van der Waals surface area contributed by atoms with Crippen molar-refractivity contribution in [2.75, 3.05) is 14.2 Å². The normalized spacial score (nSPS) is 11.3. The maximum Gasteiger partial charge on any atom is 0.305 e. The number of unbranched alkanes of at least 4 members (excludes halogenated alkanes) is 2. The zero-order chi connectivity index (χ0) is 15.5. The fraction of sp³-hybridized carbons (Fsp3) is 0.500. The lowest BCUT2D eigenvalue weighted by molar-refractivity contribution is -0.140. The van der Waals surface area contributed by atoms with Gasteiger partial charge in [0.15, 0.2) is 0 Å². The summed E-state index contributed by atoms with van der Waals surface area (Å²) in [6.45, 7) is 2.19. The standard InChI is InChI=1S/C18H26O3/c1-4-8-15(9-6-5-7-10-18(19)21-3)16-11-13-17(20-2)14-12-16/h9,11-14H,4-8,10H2,1-3H3/b15-9-. The van der Waals surface area contributed by atoms with Gasteiger partial charge in [0, 0.05) is 6.42 Å². The van der Waals surface area contributed by atoms with Crippen LogP contribution in [-0.4, -0.2) is 20.2 Å². The number of ether oxygens (including phenoxy) is 2. The van der Waals surface area contributed by atoms with Gasteiger partial charge < -0.3 is 9.47 Å². The van der Waals surface area contributed by atoms with E-state index in [4.69, 9.17) is 4.74 Å². The van der Waals surface area contributed by atoms with Crippen molar-refractivity contribution in [1.29, 1.82) is 0 Å². The van der Waals surface area contributed by atoms with Crippen molar-refractivity contribution >= 4 is 11.5 Å². The lowest BCUT2D eigenvalue weighted by Crippen LogP contribution is -1.98. The third-order valence-corrected chi connectivity index (χ3v) is 3.43. The summed E-state index contributed by atoms with van der Waals surface area (Å²) in [5, 5.41) is 0. The molecule has 21 heavy (non-hydrogen) atoms. The zero-order valence-electron chi connectivity index (χ0n) is 13.4. The Labute approximate surface area is 128 Å². The fourth-order valence-corrected chi connectivity index (χ4v) is 2.23. The molecule has 0 heterocycles. The van der Waals surface area contributed by atoms with Gasteiger partial charge in [-0.1, -0.05) is 31.6 Å². The summed E-state index contributed by atoms with van der Waals surface area (Å²) in [5.41, 5.74) is 2.63. The molecule has 3 heteroatoms. The quantitative estimate of drug-likeness (QED) is 0.492. The van der Waals surface area contributed by atoms with E-state index < -0.39 is 0 Å². The van der Waals surface area contributed by atoms with Crippen LogP contribution in [0.5, 0.6) is 5.75 Å².